The molecule has 0 unspecified atom stereocenters. The third-order valence-electron chi connectivity index (χ3n) is 5.46. The van der Waals surface area contributed by atoms with Gasteiger partial charge in [0.2, 0.25) is 0 Å². The van der Waals surface area contributed by atoms with Gasteiger partial charge >= 0.3 is 12.1 Å². The Labute approximate surface area is 156 Å². The van der Waals surface area contributed by atoms with Gasteiger partial charge in [0.25, 0.3) is 0 Å². The van der Waals surface area contributed by atoms with Crippen molar-refractivity contribution in [1.82, 2.24) is 5.32 Å². The number of carbonyl (C=O) groups is 3. The predicted octanol–water partition coefficient (Wildman–Crippen LogP) is 3.10. The molecule has 0 heterocycles. The minimum absolute atomic E-state index is 0.0732. The van der Waals surface area contributed by atoms with Crippen molar-refractivity contribution in [3.8, 4) is 11.1 Å². The molecule has 2 aliphatic rings. The highest BCUT2D eigenvalue weighted by Crippen LogP contribution is 2.44. The van der Waals surface area contributed by atoms with Gasteiger partial charge in [0, 0.05) is 12.3 Å². The molecule has 138 valence electrons. The van der Waals surface area contributed by atoms with Crippen LogP contribution in [0.4, 0.5) is 4.79 Å². The molecule has 0 aromatic heterocycles. The largest absolute Gasteiger partial charge is 0.479 e. The summed E-state index contributed by atoms with van der Waals surface area (Å²) in [6.45, 7) is 0.0732. The number of Topliss-reactive ketones (excluding diaryl/α,β-unsaturated/α-hetero) is 1. The number of alkyl carbamates (subject to hydrolysis) is 1. The van der Waals surface area contributed by atoms with Gasteiger partial charge < -0.3 is 9.84 Å². The monoisotopic (exact) mass is 365 g/mol. The van der Waals surface area contributed by atoms with Crippen molar-refractivity contribution in [3.63, 3.8) is 0 Å². The summed E-state index contributed by atoms with van der Waals surface area (Å²) in [6.07, 6.45) is -0.203. The highest BCUT2D eigenvalue weighted by molar-refractivity contribution is 6.11. The number of hydrogen-bond acceptors (Lipinski definition) is 4. The van der Waals surface area contributed by atoms with Crippen molar-refractivity contribution in [3.05, 3.63) is 59.7 Å². The third kappa shape index (κ3) is 2.77. The standard InChI is InChI=1S/C21H19NO5/c23-18-10-5-11-21(18,19(24)25)22-20(26)27-12-17-15-8-3-1-6-13(15)14-7-2-4-9-16(14)17/h1-4,6-9,17H,5,10-12H2,(H,22,26)(H,24,25)/t21-/m1/s1. The molecule has 0 aliphatic heterocycles. The van der Waals surface area contributed by atoms with Gasteiger partial charge in [0.05, 0.1) is 0 Å². The number of fused-ring (bicyclic) bond motifs is 3. The van der Waals surface area contributed by atoms with E-state index in [4.69, 9.17) is 4.74 Å². The first-order valence-electron chi connectivity index (χ1n) is 8.93. The van der Waals surface area contributed by atoms with Crippen LogP contribution in [0.25, 0.3) is 11.1 Å². The molecule has 0 bridgehead atoms. The van der Waals surface area contributed by atoms with Crippen LogP contribution < -0.4 is 5.32 Å². The number of benzene rings is 2. The zero-order valence-corrected chi connectivity index (χ0v) is 14.6. The highest BCUT2D eigenvalue weighted by Gasteiger charge is 2.50. The number of hydrogen-bond donors (Lipinski definition) is 2. The van der Waals surface area contributed by atoms with Gasteiger partial charge in [0.15, 0.2) is 11.3 Å². The molecule has 6 nitrogen and oxygen atoms in total. The van der Waals surface area contributed by atoms with Gasteiger partial charge in [-0.1, -0.05) is 48.5 Å². The molecule has 2 aromatic rings. The number of rotatable bonds is 4. The maximum atomic E-state index is 12.3. The van der Waals surface area contributed by atoms with Crippen molar-refractivity contribution < 1.29 is 24.2 Å². The van der Waals surface area contributed by atoms with Crippen LogP contribution >= 0.6 is 0 Å². The topological polar surface area (TPSA) is 92.7 Å². The van der Waals surface area contributed by atoms with Crippen molar-refractivity contribution in [2.45, 2.75) is 30.7 Å². The summed E-state index contributed by atoms with van der Waals surface area (Å²) in [5.41, 5.74) is 2.49. The molecule has 2 aliphatic carbocycles. The maximum absolute atomic E-state index is 12.3. The van der Waals surface area contributed by atoms with Crippen LogP contribution in [0.5, 0.6) is 0 Å². The Morgan fingerprint density at radius 3 is 2.19 bits per heavy atom. The lowest BCUT2D eigenvalue weighted by atomic mass is 9.97. The Morgan fingerprint density at radius 2 is 1.67 bits per heavy atom. The van der Waals surface area contributed by atoms with Crippen molar-refractivity contribution >= 4 is 17.8 Å². The SMILES string of the molecule is O=C(N[C@]1(C(=O)O)CCCC1=O)OCC1c2ccccc2-c2ccccc21. The van der Waals surface area contributed by atoms with Crippen molar-refractivity contribution in [2.75, 3.05) is 6.61 Å². The Balaban J connectivity index is 1.51. The Bertz CT molecular complexity index is 892. The molecule has 1 saturated carbocycles. The number of ether oxygens (including phenoxy) is 1. The number of amides is 1. The molecule has 4 rings (SSSR count). The molecular formula is C21H19NO5. The maximum Gasteiger partial charge on any atom is 0.408 e. The zero-order valence-electron chi connectivity index (χ0n) is 14.6. The smallest absolute Gasteiger partial charge is 0.408 e. The number of carbonyl (C=O) groups excluding carboxylic acids is 2. The molecular weight excluding hydrogens is 346 g/mol. The number of ketones is 1. The van der Waals surface area contributed by atoms with Crippen molar-refractivity contribution in [1.29, 1.82) is 0 Å². The van der Waals surface area contributed by atoms with Crippen LogP contribution in [-0.4, -0.2) is 35.1 Å². The van der Waals surface area contributed by atoms with Crippen LogP contribution in [0.3, 0.4) is 0 Å². The molecule has 1 atom stereocenters. The fourth-order valence-electron chi connectivity index (χ4n) is 4.09. The van der Waals surface area contributed by atoms with E-state index in [9.17, 15) is 19.5 Å². The molecule has 2 N–H and O–H groups in total. The quantitative estimate of drug-likeness (QED) is 0.812. The second-order valence-corrected chi connectivity index (χ2v) is 6.94. The fraction of sp³-hybridized carbons (Fsp3) is 0.286. The molecule has 2 aromatic carbocycles. The number of carboxylic acids is 1. The average Bonchev–Trinajstić information content (AvgIpc) is 3.19. The summed E-state index contributed by atoms with van der Waals surface area (Å²) in [7, 11) is 0. The van der Waals surface area contributed by atoms with Gasteiger partial charge in [-0.15, -0.1) is 0 Å². The Morgan fingerprint density at radius 1 is 1.07 bits per heavy atom. The summed E-state index contributed by atoms with van der Waals surface area (Å²) < 4.78 is 5.36. The Kier molecular flexibility index (Phi) is 4.18. The van der Waals surface area contributed by atoms with E-state index in [-0.39, 0.29) is 25.4 Å². The summed E-state index contributed by atoms with van der Waals surface area (Å²) in [6, 6.07) is 15.9. The first-order chi connectivity index (χ1) is 13.0. The minimum Gasteiger partial charge on any atom is -0.479 e. The molecule has 0 radical (unpaired) electrons. The first-order valence-corrected chi connectivity index (χ1v) is 8.93. The molecule has 0 spiro atoms. The number of aliphatic carboxylic acids is 1. The second-order valence-electron chi connectivity index (χ2n) is 6.94. The molecule has 6 heteroatoms. The van der Waals surface area contributed by atoms with E-state index in [1.165, 1.54) is 0 Å². The van der Waals surface area contributed by atoms with Gasteiger partial charge in [-0.3, -0.25) is 10.1 Å². The van der Waals surface area contributed by atoms with E-state index >= 15 is 0 Å². The van der Waals surface area contributed by atoms with E-state index in [2.05, 4.69) is 5.32 Å². The summed E-state index contributed by atoms with van der Waals surface area (Å²) >= 11 is 0. The lowest BCUT2D eigenvalue weighted by Crippen LogP contribution is -2.57. The normalized spacial score (nSPS) is 20.8. The number of carboxylic acid groups (broad SMARTS) is 1. The minimum atomic E-state index is -1.86. The molecule has 0 saturated heterocycles. The molecule has 27 heavy (non-hydrogen) atoms. The summed E-state index contributed by atoms with van der Waals surface area (Å²) in [5.74, 6) is -1.94. The highest BCUT2D eigenvalue weighted by atomic mass is 16.5. The van der Waals surface area contributed by atoms with Crippen LogP contribution in [0.15, 0.2) is 48.5 Å². The van der Waals surface area contributed by atoms with Gasteiger partial charge in [-0.2, -0.15) is 0 Å². The van der Waals surface area contributed by atoms with Crippen LogP contribution in [0.1, 0.15) is 36.3 Å². The van der Waals surface area contributed by atoms with E-state index < -0.39 is 23.4 Å². The lowest BCUT2D eigenvalue weighted by molar-refractivity contribution is -0.148. The van der Waals surface area contributed by atoms with E-state index in [0.29, 0.717) is 6.42 Å². The Hall–Kier alpha value is -3.15. The van der Waals surface area contributed by atoms with Gasteiger partial charge in [-0.25, -0.2) is 9.59 Å². The van der Waals surface area contributed by atoms with Crippen LogP contribution in [0, 0.1) is 0 Å². The van der Waals surface area contributed by atoms with Gasteiger partial charge in [0.1, 0.15) is 6.61 Å². The predicted molar refractivity (Wildman–Crippen MR) is 97.4 cm³/mol. The van der Waals surface area contributed by atoms with E-state index in [0.717, 1.165) is 22.3 Å². The summed E-state index contributed by atoms with van der Waals surface area (Å²) in [4.78, 5) is 35.9. The van der Waals surface area contributed by atoms with Crippen LogP contribution in [-0.2, 0) is 14.3 Å². The molecule has 1 fully saturated rings. The van der Waals surface area contributed by atoms with Gasteiger partial charge in [-0.05, 0) is 35.1 Å². The zero-order chi connectivity index (χ0) is 19.0. The first kappa shape index (κ1) is 17.3. The number of nitrogens with one attached hydrogen (secondary N) is 1. The molecule has 1 amide bonds. The second kappa shape index (κ2) is 6.54. The van der Waals surface area contributed by atoms with E-state index in [1.807, 2.05) is 48.5 Å². The third-order valence-corrected chi connectivity index (χ3v) is 5.46. The van der Waals surface area contributed by atoms with E-state index in [1.54, 1.807) is 0 Å². The van der Waals surface area contributed by atoms with Crippen LogP contribution in [0.2, 0.25) is 0 Å². The average molecular weight is 365 g/mol. The lowest BCUT2D eigenvalue weighted by Gasteiger charge is -2.24. The fourth-order valence-corrected chi connectivity index (χ4v) is 4.09. The van der Waals surface area contributed by atoms with Crippen molar-refractivity contribution in [2.24, 2.45) is 0 Å². The summed E-state index contributed by atoms with van der Waals surface area (Å²) in [5, 5.41) is 11.7.